The van der Waals surface area contributed by atoms with Crippen molar-refractivity contribution in [2.45, 2.75) is 25.3 Å². The Balaban J connectivity index is 2.10. The summed E-state index contributed by atoms with van der Waals surface area (Å²) in [6.45, 7) is 0.152. The molecule has 1 amide bonds. The lowest BCUT2D eigenvalue weighted by Crippen LogP contribution is -2.43. The molecule has 132 valence electrons. The van der Waals surface area contributed by atoms with Crippen LogP contribution >= 0.6 is 11.6 Å². The first-order chi connectivity index (χ1) is 11.3. The van der Waals surface area contributed by atoms with E-state index in [0.29, 0.717) is 11.4 Å². The van der Waals surface area contributed by atoms with Gasteiger partial charge in [0.05, 0.1) is 31.5 Å². The number of hydrogen-bond acceptors (Lipinski definition) is 5. The average Bonchev–Trinajstić information content (AvgIpc) is 2.89. The zero-order valence-corrected chi connectivity index (χ0v) is 15.0. The van der Waals surface area contributed by atoms with Crippen LogP contribution in [0, 0.1) is 0 Å². The van der Waals surface area contributed by atoms with E-state index >= 15 is 0 Å². The Hall–Kier alpha value is -1.60. The molecule has 1 aliphatic rings. The third-order valence-corrected chi connectivity index (χ3v) is 6.02. The van der Waals surface area contributed by atoms with E-state index in [0.717, 1.165) is 5.56 Å². The number of amides is 1. The van der Waals surface area contributed by atoms with E-state index in [2.05, 4.69) is 4.74 Å². The fraction of sp³-hybridized carbons (Fsp3) is 0.500. The van der Waals surface area contributed by atoms with Crippen LogP contribution in [0.5, 0.6) is 0 Å². The summed E-state index contributed by atoms with van der Waals surface area (Å²) in [6.07, 6.45) is 0.574. The van der Waals surface area contributed by atoms with E-state index < -0.39 is 15.8 Å². The van der Waals surface area contributed by atoms with E-state index in [-0.39, 0.29) is 42.8 Å². The summed E-state index contributed by atoms with van der Waals surface area (Å²) in [4.78, 5) is 25.5. The molecule has 0 N–H and O–H groups in total. The highest BCUT2D eigenvalue weighted by atomic mass is 35.5. The standard InChI is InChI=1S/C16H20ClNO5S/c1-23-16(20)6-8-18(14-7-9-24(21,22)11-14)15(19)10-12-2-4-13(17)5-3-12/h2-5,14H,6-11H2,1H3/t14-/m0/s1. The van der Waals surface area contributed by atoms with Gasteiger partial charge in [0.25, 0.3) is 0 Å². The molecule has 8 heteroatoms. The lowest BCUT2D eigenvalue weighted by atomic mass is 10.1. The third-order valence-electron chi connectivity index (χ3n) is 4.02. The molecule has 0 aromatic heterocycles. The minimum atomic E-state index is -3.12. The van der Waals surface area contributed by atoms with Crippen molar-refractivity contribution in [1.82, 2.24) is 4.90 Å². The fourth-order valence-electron chi connectivity index (χ4n) is 2.72. The maximum absolute atomic E-state index is 12.6. The summed E-state index contributed by atoms with van der Waals surface area (Å²) in [5.41, 5.74) is 0.785. The Labute approximate surface area is 146 Å². The van der Waals surface area contributed by atoms with Crippen molar-refractivity contribution in [2.24, 2.45) is 0 Å². The molecule has 0 unspecified atom stereocenters. The minimum Gasteiger partial charge on any atom is -0.469 e. The molecule has 1 aliphatic heterocycles. The maximum Gasteiger partial charge on any atom is 0.307 e. The molecule has 2 rings (SSSR count). The molecule has 0 saturated carbocycles. The first-order valence-electron chi connectivity index (χ1n) is 7.62. The van der Waals surface area contributed by atoms with Gasteiger partial charge in [0.1, 0.15) is 0 Å². The van der Waals surface area contributed by atoms with Crippen molar-refractivity contribution in [3.05, 3.63) is 34.9 Å². The second-order valence-corrected chi connectivity index (χ2v) is 8.44. The van der Waals surface area contributed by atoms with Crippen molar-refractivity contribution in [2.75, 3.05) is 25.2 Å². The predicted octanol–water partition coefficient (Wildman–Crippen LogP) is 1.46. The highest BCUT2D eigenvalue weighted by Gasteiger charge is 2.34. The normalized spacial score (nSPS) is 19.0. The van der Waals surface area contributed by atoms with Gasteiger partial charge in [-0.15, -0.1) is 0 Å². The summed E-state index contributed by atoms with van der Waals surface area (Å²) in [7, 11) is -1.84. The van der Waals surface area contributed by atoms with Gasteiger partial charge in [0, 0.05) is 17.6 Å². The molecule has 1 saturated heterocycles. The zero-order chi connectivity index (χ0) is 17.7. The second kappa shape index (κ2) is 7.98. The smallest absolute Gasteiger partial charge is 0.307 e. The summed E-state index contributed by atoms with van der Waals surface area (Å²) < 4.78 is 28.0. The Kier molecular flexibility index (Phi) is 6.23. The number of esters is 1. The Bertz CT molecular complexity index is 702. The third kappa shape index (κ3) is 5.21. The number of ether oxygens (including phenoxy) is 1. The fourth-order valence-corrected chi connectivity index (χ4v) is 4.58. The van der Waals surface area contributed by atoms with Crippen molar-refractivity contribution in [3.63, 3.8) is 0 Å². The maximum atomic E-state index is 12.6. The van der Waals surface area contributed by atoms with E-state index in [4.69, 9.17) is 11.6 Å². The summed E-state index contributed by atoms with van der Waals surface area (Å²) in [5, 5.41) is 0.579. The Morgan fingerprint density at radius 1 is 1.29 bits per heavy atom. The molecular formula is C16H20ClNO5S. The minimum absolute atomic E-state index is 0.0411. The quantitative estimate of drug-likeness (QED) is 0.705. The molecule has 1 fully saturated rings. The van der Waals surface area contributed by atoms with Gasteiger partial charge in [-0.1, -0.05) is 23.7 Å². The molecule has 1 atom stereocenters. The van der Waals surface area contributed by atoms with Gasteiger partial charge in [-0.05, 0) is 24.1 Å². The van der Waals surface area contributed by atoms with Gasteiger partial charge in [-0.25, -0.2) is 8.42 Å². The monoisotopic (exact) mass is 373 g/mol. The molecule has 1 aromatic carbocycles. The van der Waals surface area contributed by atoms with E-state index in [1.54, 1.807) is 24.3 Å². The Morgan fingerprint density at radius 2 is 1.96 bits per heavy atom. The summed E-state index contributed by atoms with van der Waals surface area (Å²) in [5.74, 6) is -0.621. The molecule has 1 aromatic rings. The van der Waals surface area contributed by atoms with Crippen LogP contribution in [0.15, 0.2) is 24.3 Å². The van der Waals surface area contributed by atoms with Crippen LogP contribution in [0.25, 0.3) is 0 Å². The first kappa shape index (κ1) is 18.7. The molecule has 24 heavy (non-hydrogen) atoms. The number of methoxy groups -OCH3 is 1. The summed E-state index contributed by atoms with van der Waals surface area (Å²) >= 11 is 5.83. The van der Waals surface area contributed by atoms with Gasteiger partial charge in [0.2, 0.25) is 5.91 Å². The van der Waals surface area contributed by atoms with Crippen LogP contribution in [-0.4, -0.2) is 56.4 Å². The molecular weight excluding hydrogens is 354 g/mol. The van der Waals surface area contributed by atoms with Gasteiger partial charge in [0.15, 0.2) is 9.84 Å². The van der Waals surface area contributed by atoms with Crippen LogP contribution in [0.2, 0.25) is 5.02 Å². The van der Waals surface area contributed by atoms with Gasteiger partial charge < -0.3 is 9.64 Å². The van der Waals surface area contributed by atoms with Crippen molar-refractivity contribution < 1.29 is 22.7 Å². The van der Waals surface area contributed by atoms with Crippen molar-refractivity contribution in [1.29, 1.82) is 0 Å². The number of hydrogen-bond donors (Lipinski definition) is 0. The molecule has 0 aliphatic carbocycles. The predicted molar refractivity (Wildman–Crippen MR) is 90.6 cm³/mol. The van der Waals surface area contributed by atoms with Crippen LogP contribution in [0.3, 0.4) is 0 Å². The molecule has 0 spiro atoms. The van der Waals surface area contributed by atoms with Crippen molar-refractivity contribution >= 4 is 33.3 Å². The number of nitrogens with zero attached hydrogens (tertiary/aromatic N) is 1. The number of halogens is 1. The lowest BCUT2D eigenvalue weighted by molar-refractivity contribution is -0.142. The number of benzene rings is 1. The zero-order valence-electron chi connectivity index (χ0n) is 13.4. The van der Waals surface area contributed by atoms with Crippen LogP contribution in [-0.2, 0) is 30.6 Å². The first-order valence-corrected chi connectivity index (χ1v) is 9.82. The van der Waals surface area contributed by atoms with Crippen molar-refractivity contribution in [3.8, 4) is 0 Å². The number of rotatable bonds is 6. The SMILES string of the molecule is COC(=O)CCN(C(=O)Cc1ccc(Cl)cc1)[C@H]1CCS(=O)(=O)C1. The molecule has 1 heterocycles. The second-order valence-electron chi connectivity index (χ2n) is 5.77. The number of sulfone groups is 1. The van der Waals surface area contributed by atoms with Gasteiger partial charge in [-0.3, -0.25) is 9.59 Å². The van der Waals surface area contributed by atoms with Crippen LogP contribution in [0.1, 0.15) is 18.4 Å². The summed E-state index contributed by atoms with van der Waals surface area (Å²) in [6, 6.07) is 6.51. The highest BCUT2D eigenvalue weighted by Crippen LogP contribution is 2.20. The van der Waals surface area contributed by atoms with Gasteiger partial charge >= 0.3 is 5.97 Å². The lowest BCUT2D eigenvalue weighted by Gasteiger charge is -2.28. The number of carbonyl (C=O) groups excluding carboxylic acids is 2. The van der Waals surface area contributed by atoms with Gasteiger partial charge in [-0.2, -0.15) is 0 Å². The van der Waals surface area contributed by atoms with E-state index in [9.17, 15) is 18.0 Å². The molecule has 0 bridgehead atoms. The topological polar surface area (TPSA) is 80.8 Å². The Morgan fingerprint density at radius 3 is 2.50 bits per heavy atom. The molecule has 6 nitrogen and oxygen atoms in total. The number of carbonyl (C=O) groups is 2. The molecule has 0 radical (unpaired) electrons. The highest BCUT2D eigenvalue weighted by molar-refractivity contribution is 7.91. The average molecular weight is 374 g/mol. The van der Waals surface area contributed by atoms with Crippen LogP contribution in [0.4, 0.5) is 0 Å². The van der Waals surface area contributed by atoms with E-state index in [1.807, 2.05) is 0 Å². The van der Waals surface area contributed by atoms with Crippen LogP contribution < -0.4 is 0 Å². The van der Waals surface area contributed by atoms with E-state index in [1.165, 1.54) is 12.0 Å². The largest absolute Gasteiger partial charge is 0.469 e.